The number of hydrogen-bond acceptors (Lipinski definition) is 6. The molecule has 1 amide bonds. The van der Waals surface area contributed by atoms with E-state index in [2.05, 4.69) is 44.9 Å². The molecule has 2 aromatic rings. The molecule has 2 saturated heterocycles. The van der Waals surface area contributed by atoms with E-state index in [1.165, 1.54) is 11.8 Å². The van der Waals surface area contributed by atoms with Gasteiger partial charge in [-0.3, -0.25) is 9.69 Å². The number of halogens is 1. The molecular weight excluding hydrogens is 411 g/mol. The van der Waals surface area contributed by atoms with Gasteiger partial charge in [-0.15, -0.1) is 0 Å². The standard InChI is InChI=1S/C24H29FN4O3/c25-21(24(30)28-32-23-8-4-5-13-31-23)14-19-9-10-22(26-15-19)27-20-11-12-29(17-20)16-18-6-2-1-3-7-18/h1-3,6-7,9-10,14-15,20,23H,4-5,8,11-13,16-17H2,(H,26,27)(H,28,30)/b21-14+/t20-,23?/m1/s1. The number of pyridine rings is 1. The Morgan fingerprint density at radius 1 is 1.22 bits per heavy atom. The Kier molecular flexibility index (Phi) is 7.82. The van der Waals surface area contributed by atoms with Crippen LogP contribution in [-0.4, -0.2) is 47.8 Å². The second-order valence-corrected chi connectivity index (χ2v) is 8.16. The number of carbonyl (C=O) groups excluding carboxylic acids is 1. The molecule has 2 aliphatic heterocycles. The SMILES string of the molecule is O=C(NOC1CCCCO1)/C(F)=C\c1ccc(N[C@@H]2CCN(Cc3ccccc3)C2)nc1. The number of ether oxygens (including phenoxy) is 1. The molecule has 1 aromatic carbocycles. The molecule has 8 heteroatoms. The molecule has 170 valence electrons. The van der Waals surface area contributed by atoms with Crippen molar-refractivity contribution in [2.75, 3.05) is 25.0 Å². The molecule has 2 atom stereocenters. The second-order valence-electron chi connectivity index (χ2n) is 8.16. The predicted molar refractivity (Wildman–Crippen MR) is 120 cm³/mol. The zero-order valence-electron chi connectivity index (χ0n) is 18.0. The molecule has 2 fully saturated rings. The first kappa shape index (κ1) is 22.4. The maximum atomic E-state index is 14.2. The molecule has 4 rings (SSSR count). The summed E-state index contributed by atoms with van der Waals surface area (Å²) in [5.41, 5.74) is 3.91. The monoisotopic (exact) mass is 440 g/mol. The Bertz CT molecular complexity index is 901. The lowest BCUT2D eigenvalue weighted by Gasteiger charge is -2.21. The molecule has 0 saturated carbocycles. The molecular formula is C24H29FN4O3. The molecule has 0 aliphatic carbocycles. The van der Waals surface area contributed by atoms with Gasteiger partial charge in [0, 0.05) is 44.9 Å². The molecule has 0 radical (unpaired) electrons. The van der Waals surface area contributed by atoms with E-state index in [4.69, 9.17) is 9.57 Å². The number of rotatable bonds is 8. The molecule has 32 heavy (non-hydrogen) atoms. The number of likely N-dealkylation sites (tertiary alicyclic amines) is 1. The minimum absolute atomic E-state index is 0.314. The van der Waals surface area contributed by atoms with Crippen LogP contribution >= 0.6 is 0 Å². The fourth-order valence-corrected chi connectivity index (χ4v) is 3.90. The first-order valence-corrected chi connectivity index (χ1v) is 11.1. The van der Waals surface area contributed by atoms with Crippen molar-refractivity contribution in [2.24, 2.45) is 0 Å². The van der Waals surface area contributed by atoms with Gasteiger partial charge in [0.05, 0.1) is 0 Å². The van der Waals surface area contributed by atoms with Crippen molar-refractivity contribution < 1.29 is 18.8 Å². The summed E-state index contributed by atoms with van der Waals surface area (Å²) < 4.78 is 19.5. The summed E-state index contributed by atoms with van der Waals surface area (Å²) in [6.45, 7) is 3.49. The zero-order valence-corrected chi connectivity index (χ0v) is 18.0. The fraction of sp³-hybridized carbons (Fsp3) is 0.417. The summed E-state index contributed by atoms with van der Waals surface area (Å²) in [7, 11) is 0. The van der Waals surface area contributed by atoms with Crippen molar-refractivity contribution >= 4 is 17.8 Å². The van der Waals surface area contributed by atoms with Crippen LogP contribution in [0.3, 0.4) is 0 Å². The summed E-state index contributed by atoms with van der Waals surface area (Å²) in [5, 5.41) is 3.44. The Balaban J connectivity index is 1.23. The maximum Gasteiger partial charge on any atom is 0.303 e. The van der Waals surface area contributed by atoms with E-state index in [0.717, 1.165) is 50.8 Å². The Labute approximate surface area is 187 Å². The third-order valence-electron chi connectivity index (χ3n) is 5.59. The smallest absolute Gasteiger partial charge is 0.303 e. The van der Waals surface area contributed by atoms with Gasteiger partial charge in [0.25, 0.3) is 0 Å². The van der Waals surface area contributed by atoms with Crippen LogP contribution in [0.15, 0.2) is 54.5 Å². The van der Waals surface area contributed by atoms with E-state index in [1.54, 1.807) is 12.1 Å². The molecule has 1 aromatic heterocycles. The van der Waals surface area contributed by atoms with Crippen molar-refractivity contribution in [1.82, 2.24) is 15.4 Å². The summed E-state index contributed by atoms with van der Waals surface area (Å²) >= 11 is 0. The maximum absolute atomic E-state index is 14.2. The van der Waals surface area contributed by atoms with Gasteiger partial charge in [-0.2, -0.15) is 0 Å². The normalized spacial score (nSPS) is 22.0. The van der Waals surface area contributed by atoms with E-state index >= 15 is 0 Å². The van der Waals surface area contributed by atoms with Gasteiger partial charge in [-0.25, -0.2) is 19.7 Å². The van der Waals surface area contributed by atoms with E-state index in [0.29, 0.717) is 24.6 Å². The third-order valence-corrected chi connectivity index (χ3v) is 5.59. The predicted octanol–water partition coefficient (Wildman–Crippen LogP) is 3.65. The highest BCUT2D eigenvalue weighted by Crippen LogP contribution is 2.18. The van der Waals surface area contributed by atoms with Crippen molar-refractivity contribution in [3.8, 4) is 0 Å². The number of aromatic nitrogens is 1. The number of amides is 1. The largest absolute Gasteiger partial charge is 0.366 e. The van der Waals surface area contributed by atoms with Gasteiger partial charge in [0.2, 0.25) is 0 Å². The summed E-state index contributed by atoms with van der Waals surface area (Å²) in [6.07, 6.45) is 5.78. The Morgan fingerprint density at radius 3 is 2.84 bits per heavy atom. The van der Waals surface area contributed by atoms with E-state index in [9.17, 15) is 9.18 Å². The molecule has 2 N–H and O–H groups in total. The van der Waals surface area contributed by atoms with E-state index in [1.807, 2.05) is 6.07 Å². The van der Waals surface area contributed by atoms with Crippen LogP contribution in [0.1, 0.15) is 36.8 Å². The Morgan fingerprint density at radius 2 is 2.09 bits per heavy atom. The molecule has 2 aliphatic rings. The zero-order chi connectivity index (χ0) is 22.2. The summed E-state index contributed by atoms with van der Waals surface area (Å²) in [6, 6.07) is 14.3. The summed E-state index contributed by atoms with van der Waals surface area (Å²) in [5.74, 6) is -1.15. The van der Waals surface area contributed by atoms with Crippen LogP contribution in [0.4, 0.5) is 10.2 Å². The molecule has 1 unspecified atom stereocenters. The first-order chi connectivity index (χ1) is 15.7. The van der Waals surface area contributed by atoms with Crippen LogP contribution in [0.5, 0.6) is 0 Å². The lowest BCUT2D eigenvalue weighted by Crippen LogP contribution is -2.33. The number of hydroxylamine groups is 1. The van der Waals surface area contributed by atoms with Crippen molar-refractivity contribution in [1.29, 1.82) is 0 Å². The topological polar surface area (TPSA) is 75.7 Å². The van der Waals surface area contributed by atoms with Crippen molar-refractivity contribution in [3.63, 3.8) is 0 Å². The minimum Gasteiger partial charge on any atom is -0.366 e. The van der Waals surface area contributed by atoms with Crippen LogP contribution in [0.25, 0.3) is 6.08 Å². The van der Waals surface area contributed by atoms with E-state index in [-0.39, 0.29) is 0 Å². The van der Waals surface area contributed by atoms with Gasteiger partial charge in [-0.1, -0.05) is 30.3 Å². The molecule has 7 nitrogen and oxygen atoms in total. The second kappa shape index (κ2) is 11.2. The van der Waals surface area contributed by atoms with Gasteiger partial charge in [0.15, 0.2) is 12.1 Å². The average molecular weight is 441 g/mol. The fourth-order valence-electron chi connectivity index (χ4n) is 3.90. The van der Waals surface area contributed by atoms with Gasteiger partial charge in [0.1, 0.15) is 5.82 Å². The Hall–Kier alpha value is -2.81. The highest BCUT2D eigenvalue weighted by molar-refractivity contribution is 5.94. The van der Waals surface area contributed by atoms with Crippen molar-refractivity contribution in [2.45, 2.75) is 44.6 Å². The van der Waals surface area contributed by atoms with Crippen LogP contribution in [0.2, 0.25) is 0 Å². The van der Waals surface area contributed by atoms with E-state index < -0.39 is 18.0 Å². The van der Waals surface area contributed by atoms with Crippen molar-refractivity contribution in [3.05, 3.63) is 65.6 Å². The lowest BCUT2D eigenvalue weighted by molar-refractivity contribution is -0.199. The van der Waals surface area contributed by atoms with Crippen LogP contribution in [0, 0.1) is 0 Å². The number of carbonyl (C=O) groups is 1. The first-order valence-electron chi connectivity index (χ1n) is 11.1. The third kappa shape index (κ3) is 6.59. The molecule has 0 spiro atoms. The van der Waals surface area contributed by atoms with Crippen LogP contribution < -0.4 is 10.8 Å². The van der Waals surface area contributed by atoms with Crippen LogP contribution in [-0.2, 0) is 20.9 Å². The lowest BCUT2D eigenvalue weighted by atomic mass is 10.2. The quantitative estimate of drug-likeness (QED) is 0.482. The average Bonchev–Trinajstić information content (AvgIpc) is 3.26. The number of hydrogen-bond donors (Lipinski definition) is 2. The minimum atomic E-state index is -0.948. The number of nitrogens with one attached hydrogen (secondary N) is 2. The van der Waals surface area contributed by atoms with Gasteiger partial charge in [-0.05, 0) is 48.6 Å². The highest BCUT2D eigenvalue weighted by Gasteiger charge is 2.22. The highest BCUT2D eigenvalue weighted by atomic mass is 19.1. The number of benzene rings is 1. The summed E-state index contributed by atoms with van der Waals surface area (Å²) in [4.78, 5) is 23.8. The molecule has 3 heterocycles. The molecule has 0 bridgehead atoms. The number of anilines is 1. The van der Waals surface area contributed by atoms with Gasteiger partial charge < -0.3 is 10.1 Å². The number of nitrogens with zero attached hydrogens (tertiary/aromatic N) is 2. The van der Waals surface area contributed by atoms with Gasteiger partial charge >= 0.3 is 5.91 Å².